The molecule has 0 spiro atoms. The van der Waals surface area contributed by atoms with Gasteiger partial charge in [-0.3, -0.25) is 4.79 Å². The quantitative estimate of drug-likeness (QED) is 0.823. The third kappa shape index (κ3) is 3.49. The lowest BCUT2D eigenvalue weighted by Crippen LogP contribution is -3.00. The Bertz CT molecular complexity index is 563. The molecule has 130 valence electrons. The van der Waals surface area contributed by atoms with Gasteiger partial charge < -0.3 is 10.6 Å². The molecule has 4 bridgehead atoms. The van der Waals surface area contributed by atoms with Crippen LogP contribution in [0.1, 0.15) is 44.1 Å². The molecule has 0 unspecified atom stereocenters. The number of hydrogen-bond acceptors (Lipinski definition) is 1. The van der Waals surface area contributed by atoms with Crippen molar-refractivity contribution in [2.45, 2.75) is 50.5 Å². The van der Waals surface area contributed by atoms with Crippen molar-refractivity contribution in [1.82, 2.24) is 5.32 Å². The summed E-state index contributed by atoms with van der Waals surface area (Å²) in [5, 5.41) is 5.37. The second-order valence-corrected chi connectivity index (χ2v) is 8.41. The van der Waals surface area contributed by atoms with E-state index in [1.165, 1.54) is 50.7 Å². The topological polar surface area (TPSA) is 45.7 Å². The highest BCUT2D eigenvalue weighted by atomic mass is 19.1. The van der Waals surface area contributed by atoms with Gasteiger partial charge in [0.1, 0.15) is 5.82 Å². The largest absolute Gasteiger partial charge is 0.351 e. The van der Waals surface area contributed by atoms with Crippen LogP contribution in [0.4, 0.5) is 4.39 Å². The number of nitrogens with two attached hydrogens (primary N) is 1. The van der Waals surface area contributed by atoms with Crippen LogP contribution in [0.25, 0.3) is 0 Å². The van der Waals surface area contributed by atoms with Crippen molar-refractivity contribution in [2.75, 3.05) is 13.1 Å². The van der Waals surface area contributed by atoms with Crippen LogP contribution in [0.3, 0.4) is 0 Å². The van der Waals surface area contributed by atoms with Crippen molar-refractivity contribution < 1.29 is 14.5 Å². The maximum absolute atomic E-state index is 12.9. The zero-order valence-corrected chi connectivity index (χ0v) is 14.3. The fraction of sp³-hybridized carbons (Fsp3) is 0.650. The van der Waals surface area contributed by atoms with E-state index in [2.05, 4.69) is 10.6 Å². The van der Waals surface area contributed by atoms with Crippen LogP contribution in [0.2, 0.25) is 0 Å². The second kappa shape index (κ2) is 6.47. The smallest absolute Gasteiger partial charge is 0.275 e. The summed E-state index contributed by atoms with van der Waals surface area (Å²) in [4.78, 5) is 12.2. The van der Waals surface area contributed by atoms with Crippen molar-refractivity contribution in [3.05, 3.63) is 35.6 Å². The minimum absolute atomic E-state index is 0.132. The van der Waals surface area contributed by atoms with Crippen LogP contribution in [0.5, 0.6) is 0 Å². The molecule has 0 aliphatic heterocycles. The minimum atomic E-state index is -0.215. The third-order valence-electron chi connectivity index (χ3n) is 6.46. The number of nitrogens with one attached hydrogen (secondary N) is 1. The highest BCUT2D eigenvalue weighted by Gasteiger charge is 2.53. The highest BCUT2D eigenvalue weighted by Crippen LogP contribution is 2.54. The summed E-state index contributed by atoms with van der Waals surface area (Å²) in [5.41, 5.74) is 1.42. The first-order valence-corrected chi connectivity index (χ1v) is 9.46. The number of halogens is 1. The van der Waals surface area contributed by atoms with Gasteiger partial charge in [0.15, 0.2) is 6.54 Å². The van der Waals surface area contributed by atoms with Gasteiger partial charge in [-0.05, 0) is 61.1 Å². The number of amides is 1. The Morgan fingerprint density at radius 1 is 1.08 bits per heavy atom. The summed E-state index contributed by atoms with van der Waals surface area (Å²) in [7, 11) is 0. The Kier molecular flexibility index (Phi) is 4.33. The van der Waals surface area contributed by atoms with E-state index in [0.717, 1.165) is 29.7 Å². The van der Waals surface area contributed by atoms with E-state index in [0.29, 0.717) is 18.6 Å². The van der Waals surface area contributed by atoms with Crippen LogP contribution < -0.4 is 10.6 Å². The number of carbonyl (C=O) groups excluding carboxylic acids is 1. The number of hydrogen-bond donors (Lipinski definition) is 2. The van der Waals surface area contributed by atoms with Crippen LogP contribution in [0, 0.1) is 23.6 Å². The lowest BCUT2D eigenvalue weighted by atomic mass is 9.53. The fourth-order valence-corrected chi connectivity index (χ4v) is 5.81. The van der Waals surface area contributed by atoms with E-state index in [1.807, 2.05) is 0 Å². The van der Waals surface area contributed by atoms with E-state index >= 15 is 0 Å². The summed E-state index contributed by atoms with van der Waals surface area (Å²) in [6, 6.07) is 6.50. The number of quaternary nitrogens is 1. The van der Waals surface area contributed by atoms with Gasteiger partial charge >= 0.3 is 0 Å². The normalized spacial score (nSPS) is 33.6. The Hall–Kier alpha value is -1.42. The van der Waals surface area contributed by atoms with Crippen molar-refractivity contribution in [2.24, 2.45) is 17.8 Å². The first-order valence-electron chi connectivity index (χ1n) is 9.46. The van der Waals surface area contributed by atoms with Gasteiger partial charge in [-0.15, -0.1) is 0 Å². The van der Waals surface area contributed by atoms with Crippen LogP contribution in [0.15, 0.2) is 24.3 Å². The van der Waals surface area contributed by atoms with E-state index < -0.39 is 0 Å². The first kappa shape index (κ1) is 16.1. The summed E-state index contributed by atoms with van der Waals surface area (Å²) < 4.78 is 12.9. The fourth-order valence-electron chi connectivity index (χ4n) is 5.81. The summed E-state index contributed by atoms with van der Waals surface area (Å²) in [6.07, 6.45) is 9.04. The average molecular weight is 331 g/mol. The lowest BCUT2D eigenvalue weighted by Gasteiger charge is -2.54. The second-order valence-electron chi connectivity index (χ2n) is 8.41. The van der Waals surface area contributed by atoms with Gasteiger partial charge in [0.2, 0.25) is 0 Å². The van der Waals surface area contributed by atoms with Crippen molar-refractivity contribution in [3.63, 3.8) is 0 Å². The number of carbonyl (C=O) groups is 1. The zero-order chi connectivity index (χ0) is 16.6. The maximum Gasteiger partial charge on any atom is 0.275 e. The van der Waals surface area contributed by atoms with Crippen LogP contribution in [-0.2, 0) is 11.2 Å². The van der Waals surface area contributed by atoms with Gasteiger partial charge in [0.05, 0.1) is 5.54 Å². The number of rotatable bonds is 6. The van der Waals surface area contributed by atoms with Crippen molar-refractivity contribution >= 4 is 5.91 Å². The zero-order valence-electron chi connectivity index (χ0n) is 14.3. The predicted octanol–water partition coefficient (Wildman–Crippen LogP) is 2.02. The molecule has 4 aliphatic carbocycles. The molecule has 1 amide bonds. The maximum atomic E-state index is 12.9. The van der Waals surface area contributed by atoms with Crippen molar-refractivity contribution in [3.8, 4) is 0 Å². The monoisotopic (exact) mass is 331 g/mol. The molecule has 1 aromatic rings. The predicted molar refractivity (Wildman–Crippen MR) is 90.8 cm³/mol. The molecule has 0 radical (unpaired) electrons. The molecular weight excluding hydrogens is 303 g/mol. The highest BCUT2D eigenvalue weighted by molar-refractivity contribution is 5.76. The molecule has 1 aromatic carbocycles. The standard InChI is InChI=1S/C20H27FN2O/c21-18-3-1-14(2-4-18)5-6-22-19(24)13-23-20-10-15-7-16(11-20)9-17(8-15)12-20/h1-4,15-17,23H,5-13H2,(H,22,24)/p+1. The molecule has 4 fully saturated rings. The molecular formula is C20H28FN2O+. The molecule has 5 rings (SSSR count). The SMILES string of the molecule is O=C(C[NH2+]C12CC3CC(CC(C3)C1)C2)NCCc1ccc(F)cc1. The van der Waals surface area contributed by atoms with Gasteiger partial charge in [0, 0.05) is 25.8 Å². The van der Waals surface area contributed by atoms with Gasteiger partial charge in [-0.2, -0.15) is 0 Å². The summed E-state index contributed by atoms with van der Waals surface area (Å²) >= 11 is 0. The lowest BCUT2D eigenvalue weighted by molar-refractivity contribution is -0.730. The first-order chi connectivity index (χ1) is 11.6. The van der Waals surface area contributed by atoms with E-state index in [-0.39, 0.29) is 11.7 Å². The summed E-state index contributed by atoms with van der Waals surface area (Å²) in [5.74, 6) is 2.69. The minimum Gasteiger partial charge on any atom is -0.351 e. The molecule has 4 aliphatic rings. The third-order valence-corrected chi connectivity index (χ3v) is 6.46. The molecule has 0 atom stereocenters. The Balaban J connectivity index is 1.22. The average Bonchev–Trinajstić information content (AvgIpc) is 2.54. The van der Waals surface area contributed by atoms with Gasteiger partial charge in [-0.25, -0.2) is 4.39 Å². The molecule has 0 saturated heterocycles. The van der Waals surface area contributed by atoms with Gasteiger partial charge in [-0.1, -0.05) is 12.1 Å². The van der Waals surface area contributed by atoms with Crippen molar-refractivity contribution in [1.29, 1.82) is 0 Å². The van der Waals surface area contributed by atoms with Crippen LogP contribution in [-0.4, -0.2) is 24.5 Å². The Labute approximate surface area is 143 Å². The Morgan fingerprint density at radius 2 is 1.67 bits per heavy atom. The Morgan fingerprint density at radius 3 is 2.25 bits per heavy atom. The molecule has 4 saturated carbocycles. The summed E-state index contributed by atoms with van der Waals surface area (Å²) in [6.45, 7) is 1.18. The molecule has 3 N–H and O–H groups in total. The van der Waals surface area contributed by atoms with E-state index in [4.69, 9.17) is 0 Å². The molecule has 3 nitrogen and oxygen atoms in total. The number of benzene rings is 1. The van der Waals surface area contributed by atoms with E-state index in [9.17, 15) is 9.18 Å². The van der Waals surface area contributed by atoms with Crippen LogP contribution >= 0.6 is 0 Å². The molecule has 0 aromatic heterocycles. The molecule has 24 heavy (non-hydrogen) atoms. The molecule has 4 heteroatoms. The van der Waals surface area contributed by atoms with E-state index in [1.54, 1.807) is 12.1 Å². The van der Waals surface area contributed by atoms with Gasteiger partial charge in [0.25, 0.3) is 5.91 Å². The molecule has 0 heterocycles.